The summed E-state index contributed by atoms with van der Waals surface area (Å²) in [7, 11) is 1.60. The molecule has 0 aliphatic carbocycles. The first-order valence-electron chi connectivity index (χ1n) is 6.42. The number of hydrogen-bond acceptors (Lipinski definition) is 4. The molecule has 0 saturated carbocycles. The van der Waals surface area contributed by atoms with Gasteiger partial charge in [-0.3, -0.25) is 14.8 Å². The van der Waals surface area contributed by atoms with Crippen molar-refractivity contribution in [3.63, 3.8) is 0 Å². The SMILES string of the molecule is COc1ccc2nccc(NC(=O)c3ccncc3)c2c1. The van der Waals surface area contributed by atoms with Gasteiger partial charge in [0, 0.05) is 29.5 Å². The first-order chi connectivity index (χ1) is 10.3. The first kappa shape index (κ1) is 13.1. The fourth-order valence-corrected chi connectivity index (χ4v) is 2.06. The summed E-state index contributed by atoms with van der Waals surface area (Å²) in [6.45, 7) is 0. The topological polar surface area (TPSA) is 64.1 Å². The fourth-order valence-electron chi connectivity index (χ4n) is 2.06. The van der Waals surface area contributed by atoms with Gasteiger partial charge in [-0.2, -0.15) is 0 Å². The third-order valence-corrected chi connectivity index (χ3v) is 3.14. The largest absolute Gasteiger partial charge is 0.497 e. The Morgan fingerprint density at radius 3 is 2.67 bits per heavy atom. The van der Waals surface area contributed by atoms with Crippen molar-refractivity contribution < 1.29 is 9.53 Å². The summed E-state index contributed by atoms with van der Waals surface area (Å²) < 4.78 is 5.22. The highest BCUT2D eigenvalue weighted by Crippen LogP contribution is 2.26. The second kappa shape index (κ2) is 5.58. The Morgan fingerprint density at radius 2 is 1.90 bits per heavy atom. The van der Waals surface area contributed by atoms with E-state index in [1.165, 1.54) is 0 Å². The van der Waals surface area contributed by atoms with E-state index >= 15 is 0 Å². The zero-order chi connectivity index (χ0) is 14.7. The van der Waals surface area contributed by atoms with E-state index in [1.54, 1.807) is 43.9 Å². The van der Waals surface area contributed by atoms with Crippen LogP contribution >= 0.6 is 0 Å². The van der Waals surface area contributed by atoms with Crippen LogP contribution in [0.5, 0.6) is 5.75 Å². The molecule has 1 aromatic carbocycles. The molecule has 3 rings (SSSR count). The summed E-state index contributed by atoms with van der Waals surface area (Å²) in [5.74, 6) is 0.530. The number of amides is 1. The molecule has 2 aromatic heterocycles. The molecule has 0 radical (unpaired) electrons. The van der Waals surface area contributed by atoms with E-state index in [0.29, 0.717) is 11.3 Å². The number of anilines is 1. The maximum absolute atomic E-state index is 12.2. The van der Waals surface area contributed by atoms with Gasteiger partial charge in [0.15, 0.2) is 0 Å². The van der Waals surface area contributed by atoms with Crippen LogP contribution in [0.1, 0.15) is 10.4 Å². The van der Waals surface area contributed by atoms with Gasteiger partial charge in [-0.05, 0) is 36.4 Å². The van der Waals surface area contributed by atoms with Crippen LogP contribution in [0.3, 0.4) is 0 Å². The summed E-state index contributed by atoms with van der Waals surface area (Å²) in [5, 5.41) is 3.72. The van der Waals surface area contributed by atoms with Gasteiger partial charge >= 0.3 is 0 Å². The number of methoxy groups -OCH3 is 1. The molecule has 5 heteroatoms. The van der Waals surface area contributed by atoms with Gasteiger partial charge in [-0.25, -0.2) is 0 Å². The van der Waals surface area contributed by atoms with Crippen LogP contribution < -0.4 is 10.1 Å². The normalized spacial score (nSPS) is 10.3. The van der Waals surface area contributed by atoms with Crippen molar-refractivity contribution in [1.82, 2.24) is 9.97 Å². The highest BCUT2D eigenvalue weighted by Gasteiger charge is 2.09. The lowest BCUT2D eigenvalue weighted by molar-refractivity contribution is 0.102. The second-order valence-corrected chi connectivity index (χ2v) is 4.43. The molecule has 2 heterocycles. The van der Waals surface area contributed by atoms with E-state index in [0.717, 1.165) is 16.7 Å². The molecule has 0 spiro atoms. The molecule has 0 unspecified atom stereocenters. The summed E-state index contributed by atoms with van der Waals surface area (Å²) in [4.78, 5) is 20.4. The maximum atomic E-state index is 12.2. The lowest BCUT2D eigenvalue weighted by Crippen LogP contribution is -2.12. The molecule has 1 amide bonds. The van der Waals surface area contributed by atoms with Crippen LogP contribution in [-0.2, 0) is 0 Å². The highest BCUT2D eigenvalue weighted by molar-refractivity contribution is 6.08. The Balaban J connectivity index is 1.98. The van der Waals surface area contributed by atoms with Crippen molar-refractivity contribution in [3.8, 4) is 5.75 Å². The molecule has 5 nitrogen and oxygen atoms in total. The van der Waals surface area contributed by atoms with E-state index in [2.05, 4.69) is 15.3 Å². The minimum absolute atomic E-state index is 0.187. The van der Waals surface area contributed by atoms with Gasteiger partial charge in [0.05, 0.1) is 18.3 Å². The second-order valence-electron chi connectivity index (χ2n) is 4.43. The molecule has 0 bridgehead atoms. The van der Waals surface area contributed by atoms with Crippen molar-refractivity contribution in [3.05, 3.63) is 60.6 Å². The van der Waals surface area contributed by atoms with Gasteiger partial charge in [0.25, 0.3) is 5.91 Å². The maximum Gasteiger partial charge on any atom is 0.255 e. The number of ether oxygens (including phenoxy) is 1. The predicted molar refractivity (Wildman–Crippen MR) is 80.5 cm³/mol. The summed E-state index contributed by atoms with van der Waals surface area (Å²) in [6, 6.07) is 10.6. The molecule has 0 aliphatic rings. The number of carbonyl (C=O) groups is 1. The van der Waals surface area contributed by atoms with Gasteiger partial charge in [-0.1, -0.05) is 0 Å². The number of carbonyl (C=O) groups excluding carboxylic acids is 1. The molecule has 104 valence electrons. The van der Waals surface area contributed by atoms with E-state index in [4.69, 9.17) is 4.74 Å². The average Bonchev–Trinajstić information content (AvgIpc) is 2.55. The minimum Gasteiger partial charge on any atom is -0.497 e. The summed E-state index contributed by atoms with van der Waals surface area (Å²) >= 11 is 0. The Morgan fingerprint density at radius 1 is 1.10 bits per heavy atom. The number of pyridine rings is 2. The van der Waals surface area contributed by atoms with Gasteiger partial charge in [-0.15, -0.1) is 0 Å². The number of nitrogens with zero attached hydrogens (tertiary/aromatic N) is 2. The highest BCUT2D eigenvalue weighted by atomic mass is 16.5. The minimum atomic E-state index is -0.187. The third-order valence-electron chi connectivity index (χ3n) is 3.14. The molecule has 3 aromatic rings. The van der Waals surface area contributed by atoms with Crippen LogP contribution in [0, 0.1) is 0 Å². The molecule has 0 fully saturated rings. The molecule has 1 N–H and O–H groups in total. The zero-order valence-corrected chi connectivity index (χ0v) is 11.4. The standard InChI is InChI=1S/C16H13N3O2/c1-21-12-2-3-14-13(10-12)15(6-9-18-14)19-16(20)11-4-7-17-8-5-11/h2-10H,1H3,(H,18,19,20). The number of aromatic nitrogens is 2. The third kappa shape index (κ3) is 2.67. The fraction of sp³-hybridized carbons (Fsp3) is 0.0625. The Labute approximate surface area is 121 Å². The summed E-state index contributed by atoms with van der Waals surface area (Å²) in [5.41, 5.74) is 2.04. The number of benzene rings is 1. The van der Waals surface area contributed by atoms with Crippen molar-refractivity contribution in [2.45, 2.75) is 0 Å². The van der Waals surface area contributed by atoms with Crippen molar-refractivity contribution in [1.29, 1.82) is 0 Å². The Kier molecular flexibility index (Phi) is 3.47. The zero-order valence-electron chi connectivity index (χ0n) is 11.4. The van der Waals surface area contributed by atoms with E-state index in [9.17, 15) is 4.79 Å². The van der Waals surface area contributed by atoms with Gasteiger partial charge in [0.1, 0.15) is 5.75 Å². The van der Waals surface area contributed by atoms with Gasteiger partial charge in [0.2, 0.25) is 0 Å². The monoisotopic (exact) mass is 279 g/mol. The van der Waals surface area contributed by atoms with Crippen LogP contribution in [0.2, 0.25) is 0 Å². The van der Waals surface area contributed by atoms with Gasteiger partial charge < -0.3 is 10.1 Å². The van der Waals surface area contributed by atoms with Crippen LogP contribution in [0.4, 0.5) is 5.69 Å². The predicted octanol–water partition coefficient (Wildman–Crippen LogP) is 2.89. The van der Waals surface area contributed by atoms with E-state index < -0.39 is 0 Å². The van der Waals surface area contributed by atoms with E-state index in [1.807, 2.05) is 18.2 Å². The number of nitrogens with one attached hydrogen (secondary N) is 1. The van der Waals surface area contributed by atoms with Crippen LogP contribution in [-0.4, -0.2) is 23.0 Å². The van der Waals surface area contributed by atoms with Crippen LogP contribution in [0.25, 0.3) is 10.9 Å². The summed E-state index contributed by atoms with van der Waals surface area (Å²) in [6.07, 6.45) is 4.84. The average molecular weight is 279 g/mol. The molecule has 21 heavy (non-hydrogen) atoms. The first-order valence-corrected chi connectivity index (χ1v) is 6.42. The number of fused-ring (bicyclic) bond motifs is 1. The number of hydrogen-bond donors (Lipinski definition) is 1. The Bertz CT molecular complexity index is 788. The van der Waals surface area contributed by atoms with Crippen LogP contribution in [0.15, 0.2) is 55.0 Å². The quantitative estimate of drug-likeness (QED) is 0.800. The lowest BCUT2D eigenvalue weighted by Gasteiger charge is -2.09. The number of rotatable bonds is 3. The van der Waals surface area contributed by atoms with Crippen molar-refractivity contribution >= 4 is 22.5 Å². The lowest BCUT2D eigenvalue weighted by atomic mass is 10.1. The molecule has 0 aliphatic heterocycles. The molecular formula is C16H13N3O2. The Hall–Kier alpha value is -2.95. The molecular weight excluding hydrogens is 266 g/mol. The van der Waals surface area contributed by atoms with Crippen molar-refractivity contribution in [2.24, 2.45) is 0 Å². The molecule has 0 atom stereocenters. The smallest absolute Gasteiger partial charge is 0.255 e. The van der Waals surface area contributed by atoms with Crippen molar-refractivity contribution in [2.75, 3.05) is 12.4 Å². The van der Waals surface area contributed by atoms with E-state index in [-0.39, 0.29) is 5.91 Å². The molecule has 0 saturated heterocycles.